The number of halogens is 1. The van der Waals surface area contributed by atoms with E-state index in [9.17, 15) is 0 Å². The Morgan fingerprint density at radius 2 is 2.00 bits per heavy atom. The van der Waals surface area contributed by atoms with Gasteiger partial charge in [0.15, 0.2) is 5.58 Å². The van der Waals surface area contributed by atoms with E-state index in [2.05, 4.69) is 16.3 Å². The van der Waals surface area contributed by atoms with Crippen molar-refractivity contribution in [3.63, 3.8) is 0 Å². The molecule has 0 spiro atoms. The van der Waals surface area contributed by atoms with Crippen LogP contribution in [0.5, 0.6) is 0 Å². The molecule has 1 fully saturated rings. The van der Waals surface area contributed by atoms with Crippen molar-refractivity contribution in [1.82, 2.24) is 5.32 Å². The molecule has 2 heterocycles. The zero-order chi connectivity index (χ0) is 11.0. The van der Waals surface area contributed by atoms with Gasteiger partial charge in [0, 0.05) is 37.3 Å². The lowest BCUT2D eigenvalue weighted by atomic mass is 10.2. The van der Waals surface area contributed by atoms with E-state index in [1.54, 1.807) is 6.26 Å². The van der Waals surface area contributed by atoms with Crippen LogP contribution in [-0.4, -0.2) is 26.2 Å². The molecule has 3 nitrogen and oxygen atoms in total. The van der Waals surface area contributed by atoms with Gasteiger partial charge in [-0.2, -0.15) is 0 Å². The molecule has 0 unspecified atom stereocenters. The highest BCUT2D eigenvalue weighted by atomic mass is 35.5. The fourth-order valence-corrected chi connectivity index (χ4v) is 2.40. The zero-order valence-corrected chi connectivity index (χ0v) is 9.63. The summed E-state index contributed by atoms with van der Waals surface area (Å²) in [5.41, 5.74) is 2.01. The molecule has 16 heavy (non-hydrogen) atoms. The van der Waals surface area contributed by atoms with Crippen LogP contribution in [0.2, 0.25) is 5.02 Å². The largest absolute Gasteiger partial charge is 0.463 e. The van der Waals surface area contributed by atoms with Crippen LogP contribution < -0.4 is 10.2 Å². The van der Waals surface area contributed by atoms with Gasteiger partial charge < -0.3 is 14.6 Å². The van der Waals surface area contributed by atoms with E-state index in [0.717, 1.165) is 37.1 Å². The molecule has 0 aliphatic carbocycles. The maximum Gasteiger partial charge on any atom is 0.154 e. The first-order valence-electron chi connectivity index (χ1n) is 5.47. The second-order valence-electron chi connectivity index (χ2n) is 3.97. The van der Waals surface area contributed by atoms with Gasteiger partial charge in [0.1, 0.15) is 0 Å². The minimum atomic E-state index is 0.680. The lowest BCUT2D eigenvalue weighted by Crippen LogP contribution is -2.43. The fraction of sp³-hybridized carbons (Fsp3) is 0.333. The lowest BCUT2D eigenvalue weighted by Gasteiger charge is -2.29. The summed E-state index contributed by atoms with van der Waals surface area (Å²) in [5, 5.41) is 5.13. The molecule has 1 aliphatic heterocycles. The Kier molecular flexibility index (Phi) is 2.50. The Balaban J connectivity index is 2.08. The van der Waals surface area contributed by atoms with E-state index in [0.29, 0.717) is 5.02 Å². The molecule has 0 bridgehead atoms. The molecule has 1 aromatic carbocycles. The van der Waals surface area contributed by atoms with Crippen molar-refractivity contribution in [3.05, 3.63) is 29.5 Å². The van der Waals surface area contributed by atoms with Crippen LogP contribution in [0.3, 0.4) is 0 Å². The van der Waals surface area contributed by atoms with Crippen molar-refractivity contribution >= 4 is 28.3 Å². The van der Waals surface area contributed by atoms with Gasteiger partial charge in [-0.1, -0.05) is 11.6 Å². The number of hydrogen-bond donors (Lipinski definition) is 1. The number of anilines is 1. The van der Waals surface area contributed by atoms with Crippen molar-refractivity contribution in [2.75, 3.05) is 31.1 Å². The quantitative estimate of drug-likeness (QED) is 0.825. The normalized spacial score (nSPS) is 16.9. The van der Waals surface area contributed by atoms with Crippen molar-refractivity contribution in [2.24, 2.45) is 0 Å². The van der Waals surface area contributed by atoms with Crippen LogP contribution in [0.15, 0.2) is 28.9 Å². The van der Waals surface area contributed by atoms with Gasteiger partial charge in [0.2, 0.25) is 0 Å². The third kappa shape index (κ3) is 1.56. The van der Waals surface area contributed by atoms with Crippen LogP contribution in [0.25, 0.3) is 11.0 Å². The average Bonchev–Trinajstić information content (AvgIpc) is 2.81. The van der Waals surface area contributed by atoms with Gasteiger partial charge in [-0.15, -0.1) is 0 Å². The predicted octanol–water partition coefficient (Wildman–Crippen LogP) is 2.50. The van der Waals surface area contributed by atoms with E-state index < -0.39 is 0 Å². The summed E-state index contributed by atoms with van der Waals surface area (Å²) in [6.07, 6.45) is 1.70. The van der Waals surface area contributed by atoms with Gasteiger partial charge in [-0.25, -0.2) is 0 Å². The SMILES string of the molecule is Clc1ccc(N2CCNCC2)c2ccoc12. The molecule has 0 saturated carbocycles. The monoisotopic (exact) mass is 236 g/mol. The Bertz CT molecular complexity index is 503. The molecule has 84 valence electrons. The third-order valence-corrected chi connectivity index (χ3v) is 3.30. The van der Waals surface area contributed by atoms with Crippen LogP contribution in [0.4, 0.5) is 5.69 Å². The van der Waals surface area contributed by atoms with Gasteiger partial charge in [0.25, 0.3) is 0 Å². The molecule has 1 N–H and O–H groups in total. The number of benzene rings is 1. The standard InChI is InChI=1S/C12H13ClN2O/c13-10-1-2-11(9-3-8-16-12(9)10)15-6-4-14-5-7-15/h1-3,8,14H,4-7H2. The number of nitrogens with one attached hydrogen (secondary N) is 1. The smallest absolute Gasteiger partial charge is 0.154 e. The van der Waals surface area contributed by atoms with Crippen molar-refractivity contribution in [2.45, 2.75) is 0 Å². The Morgan fingerprint density at radius 1 is 1.19 bits per heavy atom. The van der Waals surface area contributed by atoms with Gasteiger partial charge >= 0.3 is 0 Å². The Labute approximate surface area is 99.0 Å². The number of nitrogens with zero attached hydrogens (tertiary/aromatic N) is 1. The minimum Gasteiger partial charge on any atom is -0.463 e. The number of fused-ring (bicyclic) bond motifs is 1. The van der Waals surface area contributed by atoms with E-state index in [-0.39, 0.29) is 0 Å². The Hall–Kier alpha value is -1.19. The second kappa shape index (κ2) is 4.00. The first-order valence-corrected chi connectivity index (χ1v) is 5.85. The summed E-state index contributed by atoms with van der Waals surface area (Å²) in [6.45, 7) is 4.12. The maximum absolute atomic E-state index is 6.08. The summed E-state index contributed by atoms with van der Waals surface area (Å²) in [7, 11) is 0. The van der Waals surface area contributed by atoms with Gasteiger partial charge in [-0.3, -0.25) is 0 Å². The van der Waals surface area contributed by atoms with Crippen LogP contribution in [0.1, 0.15) is 0 Å². The molecule has 1 aliphatic rings. The highest BCUT2D eigenvalue weighted by molar-refractivity contribution is 6.35. The highest BCUT2D eigenvalue weighted by Crippen LogP contribution is 2.32. The summed E-state index contributed by atoms with van der Waals surface area (Å²) in [5.74, 6) is 0. The van der Waals surface area contributed by atoms with E-state index in [1.807, 2.05) is 12.1 Å². The molecule has 1 saturated heterocycles. The summed E-state index contributed by atoms with van der Waals surface area (Å²) >= 11 is 6.08. The Morgan fingerprint density at radius 3 is 2.81 bits per heavy atom. The molecular weight excluding hydrogens is 224 g/mol. The first-order chi connectivity index (χ1) is 7.86. The van der Waals surface area contributed by atoms with Gasteiger partial charge in [-0.05, 0) is 18.2 Å². The highest BCUT2D eigenvalue weighted by Gasteiger charge is 2.15. The second-order valence-corrected chi connectivity index (χ2v) is 4.37. The molecule has 1 aromatic heterocycles. The van der Waals surface area contributed by atoms with E-state index in [4.69, 9.17) is 16.0 Å². The molecule has 3 rings (SSSR count). The molecule has 4 heteroatoms. The number of piperazine rings is 1. The molecule has 0 atom stereocenters. The summed E-state index contributed by atoms with van der Waals surface area (Å²) in [4.78, 5) is 2.37. The number of rotatable bonds is 1. The van der Waals surface area contributed by atoms with Crippen molar-refractivity contribution in [1.29, 1.82) is 0 Å². The molecular formula is C12H13ClN2O. The third-order valence-electron chi connectivity index (χ3n) is 3.00. The van der Waals surface area contributed by atoms with Crippen molar-refractivity contribution in [3.8, 4) is 0 Å². The minimum absolute atomic E-state index is 0.680. The number of hydrogen-bond acceptors (Lipinski definition) is 3. The lowest BCUT2D eigenvalue weighted by molar-refractivity contribution is 0.590. The summed E-state index contributed by atoms with van der Waals surface area (Å²) in [6, 6.07) is 5.97. The topological polar surface area (TPSA) is 28.4 Å². The zero-order valence-electron chi connectivity index (χ0n) is 8.87. The summed E-state index contributed by atoms with van der Waals surface area (Å²) < 4.78 is 5.41. The first kappa shape index (κ1) is 10.00. The van der Waals surface area contributed by atoms with E-state index >= 15 is 0 Å². The van der Waals surface area contributed by atoms with Crippen LogP contribution >= 0.6 is 11.6 Å². The fourth-order valence-electron chi connectivity index (χ4n) is 2.19. The van der Waals surface area contributed by atoms with Crippen LogP contribution in [-0.2, 0) is 0 Å². The maximum atomic E-state index is 6.08. The van der Waals surface area contributed by atoms with E-state index in [1.165, 1.54) is 5.69 Å². The molecule has 2 aromatic rings. The number of furan rings is 1. The average molecular weight is 237 g/mol. The van der Waals surface area contributed by atoms with Gasteiger partial charge in [0.05, 0.1) is 11.3 Å². The molecule has 0 amide bonds. The predicted molar refractivity (Wildman–Crippen MR) is 66.3 cm³/mol. The van der Waals surface area contributed by atoms with Crippen LogP contribution in [0, 0.1) is 0 Å². The van der Waals surface area contributed by atoms with Crippen molar-refractivity contribution < 1.29 is 4.42 Å². The molecule has 0 radical (unpaired) electrons.